The van der Waals surface area contributed by atoms with E-state index in [0.29, 0.717) is 17.1 Å². The molecule has 0 aliphatic heterocycles. The van der Waals surface area contributed by atoms with Gasteiger partial charge in [-0.05, 0) is 61.9 Å². The van der Waals surface area contributed by atoms with Gasteiger partial charge in [-0.25, -0.2) is 9.59 Å². The highest BCUT2D eigenvalue weighted by atomic mass is 16.7. The van der Waals surface area contributed by atoms with Gasteiger partial charge in [-0.3, -0.25) is 4.79 Å². The monoisotopic (exact) mass is 702 g/mol. The van der Waals surface area contributed by atoms with Gasteiger partial charge in [0.25, 0.3) is 0 Å². The molecule has 0 radical (unpaired) electrons. The lowest BCUT2D eigenvalue weighted by molar-refractivity contribution is -0.148. The van der Waals surface area contributed by atoms with Crippen LogP contribution in [0.4, 0.5) is 0 Å². The molecule has 0 heterocycles. The topological polar surface area (TPSA) is 134 Å². The van der Waals surface area contributed by atoms with Crippen molar-refractivity contribution < 1.29 is 57.0 Å². The number of hydrogen-bond acceptors (Lipinski definition) is 12. The maximum Gasteiger partial charge on any atom is 0.342 e. The Morgan fingerprint density at radius 1 is 0.510 bits per heavy atom. The molecule has 0 fully saturated rings. The summed E-state index contributed by atoms with van der Waals surface area (Å²) in [6.45, 7) is 4.16. The Morgan fingerprint density at radius 2 is 0.980 bits per heavy atom. The zero-order valence-electron chi connectivity index (χ0n) is 28.8. The van der Waals surface area contributed by atoms with Gasteiger partial charge in [0, 0.05) is 6.92 Å². The second-order valence-corrected chi connectivity index (χ2v) is 11.1. The summed E-state index contributed by atoms with van der Waals surface area (Å²) in [4.78, 5) is 37.6. The van der Waals surface area contributed by atoms with E-state index in [0.717, 1.165) is 0 Å². The smallest absolute Gasteiger partial charge is 0.342 e. The van der Waals surface area contributed by atoms with Crippen LogP contribution < -0.4 is 14.2 Å². The second kappa shape index (κ2) is 20.9. The summed E-state index contributed by atoms with van der Waals surface area (Å²) in [5.74, 6) is -0.180. The largest absolute Gasteiger partial charge is 0.468 e. The molecule has 0 aromatic heterocycles. The normalized spacial score (nSPS) is 12.5. The Labute approximate surface area is 297 Å². The number of benzene rings is 4. The van der Waals surface area contributed by atoms with E-state index >= 15 is 0 Å². The first kappa shape index (κ1) is 38.4. The highest BCUT2D eigenvalue weighted by Gasteiger charge is 2.23. The van der Waals surface area contributed by atoms with E-state index in [1.54, 1.807) is 74.5 Å². The number of rotatable bonds is 21. The summed E-state index contributed by atoms with van der Waals surface area (Å²) < 4.78 is 50.2. The molecule has 3 unspecified atom stereocenters. The standard InChI is InChI=1S/C39H42O12/c1-28(46-25-48-31-14-6-4-7-15-31)23-45-39(42)35-20-12-13-21-36(35)50-26-47-29(2)22-44-38(41)34-19-11-10-18-33(34)37(24-43-30(3)40)51-27-49-32-16-8-5-9-17-32/h4-21,28-29,37H,22-27H2,1-3H3. The summed E-state index contributed by atoms with van der Waals surface area (Å²) in [5.41, 5.74) is 0.903. The van der Waals surface area contributed by atoms with E-state index in [9.17, 15) is 14.4 Å². The molecule has 0 bridgehead atoms. The predicted octanol–water partition coefficient (Wildman–Crippen LogP) is 6.54. The fourth-order valence-corrected chi connectivity index (χ4v) is 4.43. The van der Waals surface area contributed by atoms with Crippen LogP contribution in [-0.4, -0.2) is 70.3 Å². The van der Waals surface area contributed by atoms with Crippen molar-refractivity contribution in [2.24, 2.45) is 0 Å². The minimum Gasteiger partial charge on any atom is -0.468 e. The van der Waals surface area contributed by atoms with E-state index in [-0.39, 0.29) is 57.1 Å². The van der Waals surface area contributed by atoms with Crippen LogP contribution in [-0.2, 0) is 33.2 Å². The molecule has 12 nitrogen and oxygen atoms in total. The van der Waals surface area contributed by atoms with Crippen molar-refractivity contribution in [3.05, 3.63) is 126 Å². The lowest BCUT2D eigenvalue weighted by Gasteiger charge is -2.21. The van der Waals surface area contributed by atoms with Crippen LogP contribution >= 0.6 is 0 Å². The number of hydrogen-bond donors (Lipinski definition) is 0. The number of carbonyl (C=O) groups excluding carboxylic acids is 3. The van der Waals surface area contributed by atoms with Gasteiger partial charge in [0.15, 0.2) is 20.4 Å². The zero-order valence-corrected chi connectivity index (χ0v) is 28.8. The first-order valence-electron chi connectivity index (χ1n) is 16.3. The van der Waals surface area contributed by atoms with Crippen LogP contribution in [0.3, 0.4) is 0 Å². The average Bonchev–Trinajstić information content (AvgIpc) is 3.15. The second-order valence-electron chi connectivity index (χ2n) is 11.1. The number of para-hydroxylation sites is 3. The fourth-order valence-electron chi connectivity index (χ4n) is 4.43. The molecule has 4 aromatic carbocycles. The third-order valence-electron chi connectivity index (χ3n) is 7.10. The average molecular weight is 703 g/mol. The lowest BCUT2D eigenvalue weighted by atomic mass is 10.0. The van der Waals surface area contributed by atoms with Crippen LogP contribution in [0.1, 0.15) is 53.2 Å². The molecule has 0 aliphatic rings. The molecule has 12 heteroatoms. The zero-order chi connectivity index (χ0) is 36.3. The fraction of sp³-hybridized carbons (Fsp3) is 0.308. The molecule has 0 N–H and O–H groups in total. The first-order valence-corrected chi connectivity index (χ1v) is 16.3. The third kappa shape index (κ3) is 13.4. The molecule has 0 spiro atoms. The van der Waals surface area contributed by atoms with Gasteiger partial charge in [-0.2, -0.15) is 0 Å². The molecular formula is C39H42O12. The van der Waals surface area contributed by atoms with Crippen LogP contribution in [0.15, 0.2) is 109 Å². The minimum absolute atomic E-state index is 0.00539. The molecule has 4 aromatic rings. The van der Waals surface area contributed by atoms with Crippen LogP contribution in [0, 0.1) is 0 Å². The van der Waals surface area contributed by atoms with Gasteiger partial charge in [-0.15, -0.1) is 0 Å². The van der Waals surface area contributed by atoms with E-state index in [2.05, 4.69) is 0 Å². The van der Waals surface area contributed by atoms with E-state index in [1.807, 2.05) is 48.5 Å². The molecule has 0 saturated carbocycles. The van der Waals surface area contributed by atoms with Crippen molar-refractivity contribution in [2.45, 2.75) is 39.1 Å². The molecule has 51 heavy (non-hydrogen) atoms. The van der Waals surface area contributed by atoms with Gasteiger partial charge in [0.2, 0.25) is 0 Å². The van der Waals surface area contributed by atoms with Crippen molar-refractivity contribution in [3.8, 4) is 17.2 Å². The SMILES string of the molecule is CC(=O)OCC(OCOc1ccccc1)c1ccccc1C(=O)OCC(C)OCOc1ccccc1C(=O)OCC(C)OCOc1ccccc1. The lowest BCUT2D eigenvalue weighted by Crippen LogP contribution is -2.24. The third-order valence-corrected chi connectivity index (χ3v) is 7.10. The van der Waals surface area contributed by atoms with Crippen molar-refractivity contribution in [2.75, 3.05) is 40.2 Å². The Hall–Kier alpha value is -5.43. The Balaban J connectivity index is 1.23. The van der Waals surface area contributed by atoms with Crippen molar-refractivity contribution in [1.29, 1.82) is 0 Å². The number of carbonyl (C=O) groups is 3. The molecule has 270 valence electrons. The molecule has 0 saturated heterocycles. The predicted molar refractivity (Wildman–Crippen MR) is 184 cm³/mol. The number of ether oxygens (including phenoxy) is 9. The van der Waals surface area contributed by atoms with Crippen molar-refractivity contribution >= 4 is 17.9 Å². The summed E-state index contributed by atoms with van der Waals surface area (Å²) >= 11 is 0. The van der Waals surface area contributed by atoms with Crippen LogP contribution in [0.2, 0.25) is 0 Å². The van der Waals surface area contributed by atoms with Gasteiger partial charge < -0.3 is 42.6 Å². The number of esters is 3. The Bertz CT molecular complexity index is 1650. The molecule has 0 aliphatic carbocycles. The quantitative estimate of drug-likeness (QED) is 0.0530. The summed E-state index contributed by atoms with van der Waals surface area (Å²) in [6.07, 6.45) is -1.78. The van der Waals surface area contributed by atoms with E-state index < -0.39 is 36.2 Å². The highest BCUT2D eigenvalue weighted by Crippen LogP contribution is 2.24. The van der Waals surface area contributed by atoms with Crippen molar-refractivity contribution in [1.82, 2.24) is 0 Å². The molecule has 4 rings (SSSR count). The minimum atomic E-state index is -0.806. The molecule has 3 atom stereocenters. The van der Waals surface area contributed by atoms with Gasteiger partial charge in [-0.1, -0.05) is 66.7 Å². The van der Waals surface area contributed by atoms with Crippen LogP contribution in [0.25, 0.3) is 0 Å². The van der Waals surface area contributed by atoms with Gasteiger partial charge in [0.1, 0.15) is 48.7 Å². The molecule has 0 amide bonds. The van der Waals surface area contributed by atoms with Crippen LogP contribution in [0.5, 0.6) is 17.2 Å². The molecular weight excluding hydrogens is 660 g/mol. The van der Waals surface area contributed by atoms with Gasteiger partial charge in [0.05, 0.1) is 17.8 Å². The van der Waals surface area contributed by atoms with E-state index in [4.69, 9.17) is 42.6 Å². The van der Waals surface area contributed by atoms with Crippen molar-refractivity contribution in [3.63, 3.8) is 0 Å². The van der Waals surface area contributed by atoms with E-state index in [1.165, 1.54) is 6.92 Å². The summed E-state index contributed by atoms with van der Waals surface area (Å²) in [6, 6.07) is 31.6. The Morgan fingerprint density at radius 3 is 1.57 bits per heavy atom. The first-order chi connectivity index (χ1) is 24.8. The maximum absolute atomic E-state index is 13.2. The Kier molecular flexibility index (Phi) is 15.8. The van der Waals surface area contributed by atoms with Gasteiger partial charge >= 0.3 is 17.9 Å². The summed E-state index contributed by atoms with van der Waals surface area (Å²) in [7, 11) is 0. The maximum atomic E-state index is 13.2. The summed E-state index contributed by atoms with van der Waals surface area (Å²) in [5, 5.41) is 0. The highest BCUT2D eigenvalue weighted by molar-refractivity contribution is 5.92.